The van der Waals surface area contributed by atoms with E-state index in [0.29, 0.717) is 5.92 Å². The Morgan fingerprint density at radius 1 is 1.67 bits per heavy atom. The zero-order chi connectivity index (χ0) is 11.4. The van der Waals surface area contributed by atoms with E-state index in [2.05, 4.69) is 13.0 Å². The molecule has 0 saturated carbocycles. The van der Waals surface area contributed by atoms with Crippen LogP contribution in [0.25, 0.3) is 0 Å². The van der Waals surface area contributed by atoms with Gasteiger partial charge in [0.15, 0.2) is 0 Å². The van der Waals surface area contributed by atoms with Crippen molar-refractivity contribution in [3.05, 3.63) is 0 Å². The summed E-state index contributed by atoms with van der Waals surface area (Å²) >= 11 is 0. The zero-order valence-electron chi connectivity index (χ0n) is 9.73. The lowest BCUT2D eigenvalue weighted by Gasteiger charge is -2.34. The van der Waals surface area contributed by atoms with E-state index < -0.39 is 0 Å². The maximum Gasteiger partial charge on any atom is 0.320 e. The minimum Gasteiger partial charge on any atom is -0.324 e. The Morgan fingerprint density at radius 3 is 2.87 bits per heavy atom. The number of carbonyl (C=O) groups excluding carboxylic acids is 1. The van der Waals surface area contributed by atoms with E-state index in [4.69, 9.17) is 5.26 Å². The molecule has 0 aromatic carbocycles. The summed E-state index contributed by atoms with van der Waals surface area (Å²) in [4.78, 5) is 15.3. The molecule has 0 aromatic heterocycles. The molecule has 2 amide bonds. The van der Waals surface area contributed by atoms with Crippen molar-refractivity contribution in [3.8, 4) is 6.07 Å². The third kappa shape index (κ3) is 2.85. The Kier molecular flexibility index (Phi) is 3.96. The van der Waals surface area contributed by atoms with Gasteiger partial charge < -0.3 is 9.80 Å². The van der Waals surface area contributed by atoms with Gasteiger partial charge in [-0.05, 0) is 25.7 Å². The van der Waals surface area contributed by atoms with Gasteiger partial charge in [0.05, 0.1) is 6.07 Å². The van der Waals surface area contributed by atoms with Crippen molar-refractivity contribution in [2.75, 3.05) is 20.1 Å². The molecule has 1 aliphatic rings. The van der Waals surface area contributed by atoms with Crippen LogP contribution in [0.15, 0.2) is 0 Å². The number of nitrogens with zero attached hydrogens (tertiary/aromatic N) is 3. The van der Waals surface area contributed by atoms with Crippen LogP contribution in [-0.2, 0) is 0 Å². The lowest BCUT2D eigenvalue weighted by atomic mass is 10.0. The Hall–Kier alpha value is -1.24. The van der Waals surface area contributed by atoms with Crippen molar-refractivity contribution in [2.24, 2.45) is 5.92 Å². The molecule has 15 heavy (non-hydrogen) atoms. The molecule has 0 aromatic rings. The van der Waals surface area contributed by atoms with Gasteiger partial charge in [-0.3, -0.25) is 0 Å². The second-order valence-corrected chi connectivity index (χ2v) is 4.39. The molecule has 84 valence electrons. The van der Waals surface area contributed by atoms with Crippen LogP contribution in [-0.4, -0.2) is 42.0 Å². The molecule has 1 saturated heterocycles. The van der Waals surface area contributed by atoms with Crippen molar-refractivity contribution < 1.29 is 4.79 Å². The van der Waals surface area contributed by atoms with Crippen molar-refractivity contribution in [1.29, 1.82) is 5.26 Å². The third-order valence-electron chi connectivity index (χ3n) is 3.00. The molecule has 1 fully saturated rings. The van der Waals surface area contributed by atoms with Crippen LogP contribution in [0.1, 0.15) is 26.7 Å². The summed E-state index contributed by atoms with van der Waals surface area (Å²) in [6.45, 7) is 5.55. The Morgan fingerprint density at radius 2 is 2.33 bits per heavy atom. The summed E-state index contributed by atoms with van der Waals surface area (Å²) in [5.41, 5.74) is 0. The van der Waals surface area contributed by atoms with E-state index in [0.717, 1.165) is 19.5 Å². The number of urea groups is 1. The number of rotatable bonds is 1. The summed E-state index contributed by atoms with van der Waals surface area (Å²) in [5.74, 6) is 0.577. The standard InChI is InChI=1S/C11H19N3O/c1-9-5-4-6-14(8-9)11(15)13(3)10(2)7-12/h9-10H,4-6,8H2,1-3H3. The fraction of sp³-hybridized carbons (Fsp3) is 0.818. The summed E-state index contributed by atoms with van der Waals surface area (Å²) in [7, 11) is 1.69. The quantitative estimate of drug-likeness (QED) is 0.659. The minimum atomic E-state index is -0.352. The normalized spacial score (nSPS) is 23.1. The number of hydrogen-bond acceptors (Lipinski definition) is 2. The molecule has 0 spiro atoms. The molecule has 2 atom stereocenters. The number of likely N-dealkylation sites (tertiary alicyclic amines) is 1. The van der Waals surface area contributed by atoms with E-state index in [1.54, 1.807) is 14.0 Å². The van der Waals surface area contributed by atoms with Crippen LogP contribution in [0.5, 0.6) is 0 Å². The number of amides is 2. The van der Waals surface area contributed by atoms with E-state index >= 15 is 0 Å². The van der Waals surface area contributed by atoms with E-state index in [1.807, 2.05) is 4.90 Å². The molecule has 0 aliphatic carbocycles. The van der Waals surface area contributed by atoms with Crippen LogP contribution < -0.4 is 0 Å². The first kappa shape index (κ1) is 11.8. The highest BCUT2D eigenvalue weighted by atomic mass is 16.2. The zero-order valence-corrected chi connectivity index (χ0v) is 9.73. The molecule has 0 N–H and O–H groups in total. The van der Waals surface area contributed by atoms with E-state index in [1.165, 1.54) is 11.3 Å². The summed E-state index contributed by atoms with van der Waals surface area (Å²) in [5, 5.41) is 8.74. The number of piperidine rings is 1. The van der Waals surface area contributed by atoms with Gasteiger partial charge in [-0.1, -0.05) is 6.92 Å². The number of carbonyl (C=O) groups is 1. The molecule has 1 heterocycles. The highest BCUT2D eigenvalue weighted by Crippen LogP contribution is 2.17. The van der Waals surface area contributed by atoms with Crippen LogP contribution in [0.2, 0.25) is 0 Å². The molecular weight excluding hydrogens is 190 g/mol. The molecule has 2 unspecified atom stereocenters. The lowest BCUT2D eigenvalue weighted by molar-refractivity contribution is 0.135. The van der Waals surface area contributed by atoms with Crippen molar-refractivity contribution in [3.63, 3.8) is 0 Å². The van der Waals surface area contributed by atoms with Crippen molar-refractivity contribution in [2.45, 2.75) is 32.7 Å². The summed E-state index contributed by atoms with van der Waals surface area (Å²) < 4.78 is 0. The molecule has 4 heteroatoms. The minimum absolute atomic E-state index is 0.0180. The largest absolute Gasteiger partial charge is 0.324 e. The van der Waals surface area contributed by atoms with E-state index in [-0.39, 0.29) is 12.1 Å². The summed E-state index contributed by atoms with van der Waals surface area (Å²) in [6.07, 6.45) is 2.27. The average Bonchev–Trinajstić information content (AvgIpc) is 2.26. The monoisotopic (exact) mass is 209 g/mol. The fourth-order valence-electron chi connectivity index (χ4n) is 1.84. The van der Waals surface area contributed by atoms with Gasteiger partial charge in [-0.15, -0.1) is 0 Å². The smallest absolute Gasteiger partial charge is 0.320 e. The SMILES string of the molecule is CC1CCCN(C(=O)N(C)C(C)C#N)C1. The Balaban J connectivity index is 2.56. The number of hydrogen-bond donors (Lipinski definition) is 0. The third-order valence-corrected chi connectivity index (χ3v) is 3.00. The van der Waals surface area contributed by atoms with Gasteiger partial charge in [0, 0.05) is 20.1 Å². The Bertz CT molecular complexity index is 271. The maximum absolute atomic E-state index is 11.9. The van der Waals surface area contributed by atoms with Gasteiger partial charge in [0.1, 0.15) is 6.04 Å². The van der Waals surface area contributed by atoms with Crippen LogP contribution in [0, 0.1) is 17.2 Å². The van der Waals surface area contributed by atoms with Crippen molar-refractivity contribution in [1.82, 2.24) is 9.80 Å². The predicted octanol–water partition coefficient (Wildman–Crippen LogP) is 1.68. The topological polar surface area (TPSA) is 47.3 Å². The van der Waals surface area contributed by atoms with Gasteiger partial charge in [-0.25, -0.2) is 4.79 Å². The molecule has 1 aliphatic heterocycles. The fourth-order valence-corrected chi connectivity index (χ4v) is 1.84. The van der Waals surface area contributed by atoms with Gasteiger partial charge >= 0.3 is 6.03 Å². The van der Waals surface area contributed by atoms with Crippen LogP contribution in [0.4, 0.5) is 4.79 Å². The maximum atomic E-state index is 11.9. The van der Waals surface area contributed by atoms with Crippen LogP contribution >= 0.6 is 0 Å². The number of nitriles is 1. The molecule has 4 nitrogen and oxygen atoms in total. The van der Waals surface area contributed by atoms with Gasteiger partial charge in [-0.2, -0.15) is 5.26 Å². The first-order chi connectivity index (χ1) is 7.06. The molecule has 0 bridgehead atoms. The highest BCUT2D eigenvalue weighted by Gasteiger charge is 2.25. The molecular formula is C11H19N3O. The predicted molar refractivity (Wildman–Crippen MR) is 58.2 cm³/mol. The lowest BCUT2D eigenvalue weighted by Crippen LogP contribution is -2.48. The highest BCUT2D eigenvalue weighted by molar-refractivity contribution is 5.74. The first-order valence-corrected chi connectivity index (χ1v) is 5.47. The van der Waals surface area contributed by atoms with E-state index in [9.17, 15) is 4.79 Å². The molecule has 0 radical (unpaired) electrons. The molecule has 1 rings (SSSR count). The van der Waals surface area contributed by atoms with Gasteiger partial charge in [0.2, 0.25) is 0 Å². The summed E-state index contributed by atoms with van der Waals surface area (Å²) in [6, 6.07) is 1.70. The Labute approximate surface area is 91.5 Å². The average molecular weight is 209 g/mol. The second-order valence-electron chi connectivity index (χ2n) is 4.39. The first-order valence-electron chi connectivity index (χ1n) is 5.47. The van der Waals surface area contributed by atoms with Crippen molar-refractivity contribution >= 4 is 6.03 Å². The van der Waals surface area contributed by atoms with Crippen LogP contribution in [0.3, 0.4) is 0 Å². The second kappa shape index (κ2) is 5.01. The van der Waals surface area contributed by atoms with Gasteiger partial charge in [0.25, 0.3) is 0 Å².